The summed E-state index contributed by atoms with van der Waals surface area (Å²) >= 11 is 0. The van der Waals surface area contributed by atoms with Gasteiger partial charge >= 0.3 is 6.03 Å². The summed E-state index contributed by atoms with van der Waals surface area (Å²) in [5.41, 5.74) is 8.07. The first-order valence-corrected chi connectivity index (χ1v) is 4.09. The van der Waals surface area contributed by atoms with Crippen LogP contribution in [0.15, 0.2) is 17.0 Å². The second kappa shape index (κ2) is 3.06. The van der Waals surface area contributed by atoms with E-state index in [0.717, 1.165) is 18.9 Å². The molecule has 2 aliphatic heterocycles. The molecule has 0 aliphatic carbocycles. The van der Waals surface area contributed by atoms with Crippen molar-refractivity contribution in [3.05, 3.63) is 12.0 Å². The SMILES string of the molecule is NC(=O)N1NCCN2CC=NC=C21. The van der Waals surface area contributed by atoms with E-state index in [1.807, 2.05) is 4.90 Å². The summed E-state index contributed by atoms with van der Waals surface area (Å²) in [7, 11) is 0. The van der Waals surface area contributed by atoms with Crippen LogP contribution in [-0.2, 0) is 0 Å². The van der Waals surface area contributed by atoms with Gasteiger partial charge in [-0.25, -0.2) is 15.2 Å². The Morgan fingerprint density at radius 1 is 1.69 bits per heavy atom. The molecule has 0 spiro atoms. The van der Waals surface area contributed by atoms with Gasteiger partial charge in [-0.3, -0.25) is 4.99 Å². The van der Waals surface area contributed by atoms with Crippen LogP contribution >= 0.6 is 0 Å². The van der Waals surface area contributed by atoms with Crippen LogP contribution in [0.25, 0.3) is 0 Å². The van der Waals surface area contributed by atoms with Crippen molar-refractivity contribution < 1.29 is 4.79 Å². The van der Waals surface area contributed by atoms with E-state index in [1.165, 1.54) is 5.01 Å². The zero-order valence-electron chi connectivity index (χ0n) is 7.10. The quantitative estimate of drug-likeness (QED) is 0.507. The van der Waals surface area contributed by atoms with Crippen molar-refractivity contribution in [2.75, 3.05) is 19.6 Å². The molecule has 3 N–H and O–H groups in total. The summed E-state index contributed by atoms with van der Waals surface area (Å²) < 4.78 is 0. The molecule has 1 saturated heterocycles. The molecule has 2 rings (SSSR count). The van der Waals surface area contributed by atoms with Crippen molar-refractivity contribution in [2.45, 2.75) is 0 Å². The van der Waals surface area contributed by atoms with E-state index < -0.39 is 6.03 Å². The van der Waals surface area contributed by atoms with Crippen LogP contribution in [-0.4, -0.2) is 41.8 Å². The molecule has 0 saturated carbocycles. The zero-order valence-corrected chi connectivity index (χ0v) is 7.10. The van der Waals surface area contributed by atoms with Crippen molar-refractivity contribution in [3.8, 4) is 0 Å². The van der Waals surface area contributed by atoms with Gasteiger partial charge in [0, 0.05) is 19.3 Å². The average molecular weight is 181 g/mol. The molecule has 2 aliphatic rings. The maximum Gasteiger partial charge on any atom is 0.335 e. The molecule has 70 valence electrons. The Labute approximate surface area is 75.7 Å². The average Bonchev–Trinajstić information content (AvgIpc) is 2.17. The molecule has 2 heterocycles. The van der Waals surface area contributed by atoms with Crippen LogP contribution in [0, 0.1) is 0 Å². The van der Waals surface area contributed by atoms with Gasteiger partial charge in [0.25, 0.3) is 0 Å². The lowest BCUT2D eigenvalue weighted by Crippen LogP contribution is -2.57. The van der Waals surface area contributed by atoms with E-state index in [4.69, 9.17) is 5.73 Å². The van der Waals surface area contributed by atoms with E-state index in [-0.39, 0.29) is 0 Å². The number of amides is 2. The highest BCUT2D eigenvalue weighted by atomic mass is 16.2. The molecule has 6 nitrogen and oxygen atoms in total. The lowest BCUT2D eigenvalue weighted by molar-refractivity contribution is 0.136. The van der Waals surface area contributed by atoms with E-state index in [9.17, 15) is 4.79 Å². The number of fused-ring (bicyclic) bond motifs is 1. The minimum Gasteiger partial charge on any atom is -0.350 e. The maximum absolute atomic E-state index is 11.0. The van der Waals surface area contributed by atoms with E-state index >= 15 is 0 Å². The largest absolute Gasteiger partial charge is 0.350 e. The van der Waals surface area contributed by atoms with Gasteiger partial charge in [-0.15, -0.1) is 0 Å². The van der Waals surface area contributed by atoms with Crippen LogP contribution < -0.4 is 11.2 Å². The molecule has 1 fully saturated rings. The Balaban J connectivity index is 2.24. The first-order valence-electron chi connectivity index (χ1n) is 4.09. The lowest BCUT2D eigenvalue weighted by Gasteiger charge is -2.38. The molecule has 13 heavy (non-hydrogen) atoms. The van der Waals surface area contributed by atoms with Gasteiger partial charge in [-0.2, -0.15) is 0 Å². The first kappa shape index (κ1) is 8.06. The Morgan fingerprint density at radius 2 is 2.54 bits per heavy atom. The van der Waals surface area contributed by atoms with Gasteiger partial charge in [0.05, 0.1) is 12.7 Å². The Hall–Kier alpha value is -1.56. The number of nitrogens with zero attached hydrogens (tertiary/aromatic N) is 3. The van der Waals surface area contributed by atoms with Gasteiger partial charge in [0.1, 0.15) is 5.82 Å². The lowest BCUT2D eigenvalue weighted by atomic mass is 10.4. The second-order valence-corrected chi connectivity index (χ2v) is 2.85. The van der Waals surface area contributed by atoms with Gasteiger partial charge in [-0.1, -0.05) is 0 Å². The number of nitrogens with one attached hydrogen (secondary N) is 1. The minimum atomic E-state index is -0.506. The number of urea groups is 1. The standard InChI is InChI=1S/C7H11N5O/c8-7(13)12-6-5-9-1-3-11(6)4-2-10-12/h1,5,10H,2-4H2,(H2,8,13). The molecule has 6 heteroatoms. The molecule has 0 bridgehead atoms. The van der Waals surface area contributed by atoms with Crippen molar-refractivity contribution >= 4 is 12.2 Å². The Bertz CT molecular complexity index is 285. The van der Waals surface area contributed by atoms with E-state index in [1.54, 1.807) is 12.4 Å². The Morgan fingerprint density at radius 3 is 3.31 bits per heavy atom. The van der Waals surface area contributed by atoms with E-state index in [0.29, 0.717) is 6.54 Å². The molecule has 0 unspecified atom stereocenters. The topological polar surface area (TPSA) is 74.0 Å². The smallest absolute Gasteiger partial charge is 0.335 e. The fourth-order valence-corrected chi connectivity index (χ4v) is 1.41. The molecule has 0 radical (unpaired) electrons. The number of aliphatic imine (C=N–C) groups is 1. The molecular weight excluding hydrogens is 170 g/mol. The monoisotopic (exact) mass is 181 g/mol. The number of rotatable bonds is 0. The van der Waals surface area contributed by atoms with Crippen LogP contribution in [0.3, 0.4) is 0 Å². The summed E-state index contributed by atoms with van der Waals surface area (Å²) in [5, 5.41) is 1.32. The normalized spacial score (nSPS) is 21.1. The van der Waals surface area contributed by atoms with Gasteiger partial charge in [-0.05, 0) is 0 Å². The number of carbonyl (C=O) groups excluding carboxylic acids is 1. The highest BCUT2D eigenvalue weighted by Gasteiger charge is 2.25. The number of primary amides is 1. The highest BCUT2D eigenvalue weighted by Crippen LogP contribution is 2.13. The zero-order chi connectivity index (χ0) is 9.26. The molecular formula is C7H11N5O. The highest BCUT2D eigenvalue weighted by molar-refractivity contribution is 5.74. The van der Waals surface area contributed by atoms with Crippen molar-refractivity contribution in [2.24, 2.45) is 10.7 Å². The molecule has 0 aromatic heterocycles. The fraction of sp³-hybridized carbons (Fsp3) is 0.429. The number of hydrogen-bond donors (Lipinski definition) is 2. The van der Waals surface area contributed by atoms with Crippen LogP contribution in [0.4, 0.5) is 4.79 Å². The third-order valence-electron chi connectivity index (χ3n) is 2.02. The molecule has 0 atom stereocenters. The predicted molar refractivity (Wildman–Crippen MR) is 47.6 cm³/mol. The summed E-state index contributed by atoms with van der Waals surface area (Å²) in [4.78, 5) is 17.0. The number of nitrogens with two attached hydrogens (primary N) is 1. The van der Waals surface area contributed by atoms with Gasteiger partial charge in [0.15, 0.2) is 0 Å². The fourth-order valence-electron chi connectivity index (χ4n) is 1.41. The van der Waals surface area contributed by atoms with E-state index in [2.05, 4.69) is 10.4 Å². The predicted octanol–water partition coefficient (Wildman–Crippen LogP) is -0.929. The van der Waals surface area contributed by atoms with Gasteiger partial charge in [0.2, 0.25) is 0 Å². The summed E-state index contributed by atoms with van der Waals surface area (Å²) in [6.45, 7) is 2.31. The van der Waals surface area contributed by atoms with Crippen LogP contribution in [0.5, 0.6) is 0 Å². The van der Waals surface area contributed by atoms with Crippen LogP contribution in [0.2, 0.25) is 0 Å². The minimum absolute atomic E-state index is 0.506. The van der Waals surface area contributed by atoms with Crippen molar-refractivity contribution in [3.63, 3.8) is 0 Å². The maximum atomic E-state index is 11.0. The summed E-state index contributed by atoms with van der Waals surface area (Å²) in [5.74, 6) is 0.723. The molecule has 0 aromatic carbocycles. The Kier molecular flexibility index (Phi) is 1.90. The third-order valence-corrected chi connectivity index (χ3v) is 2.02. The number of hydrazine groups is 1. The summed E-state index contributed by atoms with van der Waals surface area (Å²) in [6, 6.07) is -0.506. The van der Waals surface area contributed by atoms with Crippen molar-refractivity contribution in [1.82, 2.24) is 15.3 Å². The molecule has 2 amide bonds. The first-order chi connectivity index (χ1) is 6.29. The van der Waals surface area contributed by atoms with Crippen molar-refractivity contribution in [1.29, 1.82) is 0 Å². The number of carbonyl (C=O) groups is 1. The third kappa shape index (κ3) is 1.35. The van der Waals surface area contributed by atoms with Gasteiger partial charge < -0.3 is 10.6 Å². The van der Waals surface area contributed by atoms with Crippen LogP contribution in [0.1, 0.15) is 0 Å². The second-order valence-electron chi connectivity index (χ2n) is 2.85. The molecule has 0 aromatic rings. The number of hydrogen-bond acceptors (Lipinski definition) is 4. The summed E-state index contributed by atoms with van der Waals surface area (Å²) in [6.07, 6.45) is 3.43.